The van der Waals surface area contributed by atoms with E-state index in [2.05, 4.69) is 15.5 Å². The third-order valence-corrected chi connectivity index (χ3v) is 3.58. The molecule has 21 heavy (non-hydrogen) atoms. The number of hydrogen-bond donors (Lipinski definition) is 1. The lowest BCUT2D eigenvalue weighted by Gasteiger charge is -2.06. The van der Waals surface area contributed by atoms with Gasteiger partial charge in [0, 0.05) is 19.3 Å². The second-order valence-electron chi connectivity index (χ2n) is 4.97. The molecule has 0 aliphatic carbocycles. The van der Waals surface area contributed by atoms with Gasteiger partial charge < -0.3 is 19.1 Å². The zero-order valence-corrected chi connectivity index (χ0v) is 11.9. The Kier molecular flexibility index (Phi) is 4.01. The standard InChI is InChI=1S/C14H18N4O3/c1-2-18-6-3-4-11(18)13-16-12(21-17-13)8-15-14(19)10-5-7-20-9-10/h3-4,6,10H,2,5,7-9H2,1H3,(H,15,19)/t10-/m1/s1. The second kappa shape index (κ2) is 6.09. The fraction of sp³-hybridized carbons (Fsp3) is 0.500. The highest BCUT2D eigenvalue weighted by Gasteiger charge is 2.23. The van der Waals surface area contributed by atoms with Crippen LogP contribution in [0.3, 0.4) is 0 Å². The first-order chi connectivity index (χ1) is 10.3. The van der Waals surface area contributed by atoms with Gasteiger partial charge >= 0.3 is 0 Å². The summed E-state index contributed by atoms with van der Waals surface area (Å²) in [6.45, 7) is 4.27. The molecular weight excluding hydrogens is 272 g/mol. The monoisotopic (exact) mass is 290 g/mol. The van der Waals surface area contributed by atoms with Crippen molar-refractivity contribution in [2.24, 2.45) is 5.92 Å². The van der Waals surface area contributed by atoms with E-state index in [1.54, 1.807) is 0 Å². The lowest BCUT2D eigenvalue weighted by Crippen LogP contribution is -2.30. The van der Waals surface area contributed by atoms with Crippen LogP contribution in [0, 0.1) is 5.92 Å². The molecule has 0 saturated carbocycles. The molecule has 0 bridgehead atoms. The van der Waals surface area contributed by atoms with E-state index >= 15 is 0 Å². The summed E-state index contributed by atoms with van der Waals surface area (Å²) in [5, 5.41) is 6.77. The van der Waals surface area contributed by atoms with E-state index in [0.717, 1.165) is 18.7 Å². The molecule has 2 aromatic rings. The van der Waals surface area contributed by atoms with Crippen LogP contribution in [0.1, 0.15) is 19.2 Å². The molecule has 1 aliphatic rings. The summed E-state index contributed by atoms with van der Waals surface area (Å²) in [7, 11) is 0. The molecule has 2 aromatic heterocycles. The van der Waals surface area contributed by atoms with Crippen LogP contribution < -0.4 is 5.32 Å². The highest BCUT2D eigenvalue weighted by Crippen LogP contribution is 2.17. The van der Waals surface area contributed by atoms with Gasteiger partial charge in [-0.05, 0) is 25.5 Å². The summed E-state index contributed by atoms with van der Waals surface area (Å²) < 4.78 is 12.4. The number of rotatable bonds is 5. The summed E-state index contributed by atoms with van der Waals surface area (Å²) in [5.74, 6) is 0.852. The van der Waals surface area contributed by atoms with Crippen LogP contribution in [0.25, 0.3) is 11.5 Å². The van der Waals surface area contributed by atoms with Crippen molar-refractivity contribution in [1.82, 2.24) is 20.0 Å². The Morgan fingerprint density at radius 3 is 3.24 bits per heavy atom. The van der Waals surface area contributed by atoms with Crippen LogP contribution in [0.15, 0.2) is 22.9 Å². The minimum atomic E-state index is -0.0651. The first-order valence-electron chi connectivity index (χ1n) is 7.11. The van der Waals surface area contributed by atoms with Crippen molar-refractivity contribution in [3.8, 4) is 11.5 Å². The predicted molar refractivity (Wildman–Crippen MR) is 74.2 cm³/mol. The molecule has 0 spiro atoms. The van der Waals surface area contributed by atoms with E-state index in [1.807, 2.05) is 29.8 Å². The second-order valence-corrected chi connectivity index (χ2v) is 4.97. The number of aromatic nitrogens is 3. The molecule has 1 fully saturated rings. The predicted octanol–water partition coefficient (Wildman–Crippen LogP) is 1.21. The van der Waals surface area contributed by atoms with Crippen molar-refractivity contribution in [3.05, 3.63) is 24.2 Å². The number of aryl methyl sites for hydroxylation is 1. The molecule has 0 unspecified atom stereocenters. The summed E-state index contributed by atoms with van der Waals surface area (Å²) >= 11 is 0. The molecular formula is C14H18N4O3. The Morgan fingerprint density at radius 1 is 1.57 bits per heavy atom. The summed E-state index contributed by atoms with van der Waals surface area (Å²) in [4.78, 5) is 16.2. The Hall–Kier alpha value is -2.15. The molecule has 0 aromatic carbocycles. The van der Waals surface area contributed by atoms with Crippen molar-refractivity contribution in [1.29, 1.82) is 0 Å². The SMILES string of the molecule is CCn1cccc1-c1noc(CNC(=O)[C@@H]2CCOC2)n1. The van der Waals surface area contributed by atoms with E-state index < -0.39 is 0 Å². The molecule has 1 N–H and O–H groups in total. The van der Waals surface area contributed by atoms with Gasteiger partial charge in [-0.3, -0.25) is 4.79 Å². The van der Waals surface area contributed by atoms with Gasteiger partial charge in [0.05, 0.1) is 24.8 Å². The average molecular weight is 290 g/mol. The first kappa shape index (κ1) is 13.8. The van der Waals surface area contributed by atoms with E-state index in [9.17, 15) is 4.79 Å². The Labute approximate surface area is 122 Å². The molecule has 7 nitrogen and oxygen atoms in total. The number of nitrogens with zero attached hydrogens (tertiary/aromatic N) is 3. The fourth-order valence-electron chi connectivity index (χ4n) is 2.37. The number of carbonyl (C=O) groups excluding carboxylic acids is 1. The topological polar surface area (TPSA) is 82.2 Å². The molecule has 1 atom stereocenters. The Balaban J connectivity index is 1.61. The maximum atomic E-state index is 11.9. The summed E-state index contributed by atoms with van der Waals surface area (Å²) in [6, 6.07) is 3.88. The number of amides is 1. The van der Waals surface area contributed by atoms with E-state index in [1.165, 1.54) is 0 Å². The van der Waals surface area contributed by atoms with Gasteiger partial charge in [-0.2, -0.15) is 4.98 Å². The van der Waals surface area contributed by atoms with Gasteiger partial charge in [0.15, 0.2) is 0 Å². The van der Waals surface area contributed by atoms with E-state index in [4.69, 9.17) is 9.26 Å². The van der Waals surface area contributed by atoms with Crippen molar-refractivity contribution >= 4 is 5.91 Å². The fourth-order valence-corrected chi connectivity index (χ4v) is 2.37. The minimum Gasteiger partial charge on any atom is -0.381 e. The largest absolute Gasteiger partial charge is 0.381 e. The molecule has 112 valence electrons. The zero-order valence-electron chi connectivity index (χ0n) is 11.9. The third kappa shape index (κ3) is 2.97. The number of carbonyl (C=O) groups is 1. The van der Waals surface area contributed by atoms with Crippen LogP contribution in [0.4, 0.5) is 0 Å². The molecule has 1 saturated heterocycles. The van der Waals surface area contributed by atoms with Gasteiger partial charge in [0.1, 0.15) is 0 Å². The molecule has 1 amide bonds. The Bertz CT molecular complexity index is 613. The quantitative estimate of drug-likeness (QED) is 0.895. The molecule has 3 rings (SSSR count). The van der Waals surface area contributed by atoms with Crippen LogP contribution in [-0.4, -0.2) is 33.8 Å². The summed E-state index contributed by atoms with van der Waals surface area (Å²) in [6.07, 6.45) is 2.73. The average Bonchev–Trinajstić information content (AvgIpc) is 3.24. The van der Waals surface area contributed by atoms with Gasteiger partial charge in [-0.25, -0.2) is 0 Å². The van der Waals surface area contributed by atoms with Crippen molar-refractivity contribution in [3.63, 3.8) is 0 Å². The summed E-state index contributed by atoms with van der Waals surface area (Å²) in [5.41, 5.74) is 0.906. The lowest BCUT2D eigenvalue weighted by molar-refractivity contribution is -0.125. The normalized spacial score (nSPS) is 18.0. The van der Waals surface area contributed by atoms with E-state index in [0.29, 0.717) is 24.9 Å². The molecule has 0 radical (unpaired) electrons. The van der Waals surface area contributed by atoms with Crippen LogP contribution in [0.5, 0.6) is 0 Å². The van der Waals surface area contributed by atoms with Crippen molar-refractivity contribution in [2.45, 2.75) is 26.4 Å². The molecule has 1 aliphatic heterocycles. The van der Waals surface area contributed by atoms with Crippen LogP contribution >= 0.6 is 0 Å². The van der Waals surface area contributed by atoms with Gasteiger partial charge in [-0.15, -0.1) is 0 Å². The minimum absolute atomic E-state index is 0.0239. The highest BCUT2D eigenvalue weighted by molar-refractivity contribution is 5.78. The first-order valence-corrected chi connectivity index (χ1v) is 7.11. The van der Waals surface area contributed by atoms with Crippen LogP contribution in [-0.2, 0) is 22.6 Å². The Morgan fingerprint density at radius 2 is 2.48 bits per heavy atom. The molecule has 7 heteroatoms. The van der Waals surface area contributed by atoms with Crippen LogP contribution in [0.2, 0.25) is 0 Å². The third-order valence-electron chi connectivity index (χ3n) is 3.58. The number of ether oxygens (including phenoxy) is 1. The smallest absolute Gasteiger partial charge is 0.246 e. The zero-order chi connectivity index (χ0) is 14.7. The lowest BCUT2D eigenvalue weighted by atomic mass is 10.1. The van der Waals surface area contributed by atoms with E-state index in [-0.39, 0.29) is 18.4 Å². The van der Waals surface area contributed by atoms with Gasteiger partial charge in [0.25, 0.3) is 0 Å². The van der Waals surface area contributed by atoms with Gasteiger partial charge in [-0.1, -0.05) is 5.16 Å². The highest BCUT2D eigenvalue weighted by atomic mass is 16.5. The number of nitrogens with one attached hydrogen (secondary N) is 1. The number of hydrogen-bond acceptors (Lipinski definition) is 5. The molecule has 3 heterocycles. The van der Waals surface area contributed by atoms with Crippen molar-refractivity contribution in [2.75, 3.05) is 13.2 Å². The van der Waals surface area contributed by atoms with Gasteiger partial charge in [0.2, 0.25) is 17.6 Å². The van der Waals surface area contributed by atoms with Crippen molar-refractivity contribution < 1.29 is 14.1 Å². The maximum Gasteiger partial charge on any atom is 0.246 e. The maximum absolute atomic E-state index is 11.9.